The van der Waals surface area contributed by atoms with Crippen molar-refractivity contribution < 1.29 is 19.2 Å². The quantitative estimate of drug-likeness (QED) is 0.787. The van der Waals surface area contributed by atoms with Crippen LogP contribution in [-0.2, 0) is 9.63 Å². The van der Waals surface area contributed by atoms with Gasteiger partial charge in [-0.1, -0.05) is 31.0 Å². The molecule has 0 radical (unpaired) electrons. The van der Waals surface area contributed by atoms with E-state index in [4.69, 9.17) is 4.84 Å². The van der Waals surface area contributed by atoms with Crippen LogP contribution in [-0.4, -0.2) is 22.8 Å². The minimum absolute atomic E-state index is 0.202. The summed E-state index contributed by atoms with van der Waals surface area (Å²) in [6.45, 7) is 4.43. The summed E-state index contributed by atoms with van der Waals surface area (Å²) < 4.78 is 0. The number of fused-ring (bicyclic) bond motifs is 2. The Kier molecular flexibility index (Phi) is 2.56. The van der Waals surface area contributed by atoms with E-state index >= 15 is 0 Å². The average Bonchev–Trinajstić information content (AvgIpc) is 2.88. The van der Waals surface area contributed by atoms with Gasteiger partial charge in [0.25, 0.3) is 11.8 Å². The fourth-order valence-electron chi connectivity index (χ4n) is 4.11. The molecule has 2 fully saturated rings. The van der Waals surface area contributed by atoms with E-state index < -0.39 is 17.8 Å². The molecule has 4 rings (SSSR count). The van der Waals surface area contributed by atoms with E-state index in [0.29, 0.717) is 22.3 Å². The van der Waals surface area contributed by atoms with Crippen LogP contribution >= 0.6 is 0 Å². The largest absolute Gasteiger partial charge is 0.336 e. The first kappa shape index (κ1) is 13.5. The minimum atomic E-state index is -0.558. The molecule has 0 aromatic heterocycles. The summed E-state index contributed by atoms with van der Waals surface area (Å²) in [6.07, 6.45) is 1.58. The van der Waals surface area contributed by atoms with Crippen LogP contribution in [0.5, 0.6) is 0 Å². The van der Waals surface area contributed by atoms with Gasteiger partial charge in [0.2, 0.25) is 0 Å². The van der Waals surface area contributed by atoms with E-state index in [-0.39, 0.29) is 17.0 Å². The predicted octanol–water partition coefficient (Wildman–Crippen LogP) is 2.42. The van der Waals surface area contributed by atoms with E-state index in [1.807, 2.05) is 0 Å². The number of amides is 2. The van der Waals surface area contributed by atoms with Crippen molar-refractivity contribution in [3.8, 4) is 0 Å². The Morgan fingerprint density at radius 1 is 1.09 bits per heavy atom. The van der Waals surface area contributed by atoms with Gasteiger partial charge in [0.15, 0.2) is 0 Å². The van der Waals surface area contributed by atoms with Crippen molar-refractivity contribution in [3.63, 3.8) is 0 Å². The Balaban J connectivity index is 1.46. The fraction of sp³-hybridized carbons (Fsp3) is 0.471. The number of nitrogens with zero attached hydrogens (tertiary/aromatic N) is 1. The Bertz CT molecular complexity index is 659. The highest BCUT2D eigenvalue weighted by atomic mass is 16.7. The van der Waals surface area contributed by atoms with Crippen molar-refractivity contribution in [1.82, 2.24) is 5.06 Å². The van der Waals surface area contributed by atoms with Gasteiger partial charge in [0, 0.05) is 0 Å². The number of hydrogen-bond acceptors (Lipinski definition) is 4. The molecule has 22 heavy (non-hydrogen) atoms. The van der Waals surface area contributed by atoms with Crippen LogP contribution in [0.3, 0.4) is 0 Å². The monoisotopic (exact) mass is 299 g/mol. The Morgan fingerprint density at radius 2 is 1.59 bits per heavy atom. The van der Waals surface area contributed by atoms with Crippen LogP contribution in [0.1, 0.15) is 47.4 Å². The van der Waals surface area contributed by atoms with Gasteiger partial charge < -0.3 is 4.84 Å². The van der Waals surface area contributed by atoms with Gasteiger partial charge in [-0.05, 0) is 42.2 Å². The van der Waals surface area contributed by atoms with Gasteiger partial charge in [0.05, 0.1) is 17.0 Å². The molecule has 2 aliphatic carbocycles. The van der Waals surface area contributed by atoms with E-state index in [0.717, 1.165) is 12.8 Å². The molecule has 1 aromatic carbocycles. The van der Waals surface area contributed by atoms with Gasteiger partial charge >= 0.3 is 5.97 Å². The third-order valence-electron chi connectivity index (χ3n) is 5.64. The lowest BCUT2D eigenvalue weighted by molar-refractivity contribution is -0.174. The van der Waals surface area contributed by atoms with Crippen LogP contribution in [0.25, 0.3) is 0 Å². The van der Waals surface area contributed by atoms with Crippen molar-refractivity contribution in [2.24, 2.45) is 23.2 Å². The molecule has 114 valence electrons. The molecule has 1 aliphatic heterocycles. The summed E-state index contributed by atoms with van der Waals surface area (Å²) in [5, 5.41) is 0.613. The molecule has 0 saturated heterocycles. The molecule has 5 nitrogen and oxygen atoms in total. The van der Waals surface area contributed by atoms with Crippen molar-refractivity contribution in [3.05, 3.63) is 35.4 Å². The first-order valence-electron chi connectivity index (χ1n) is 7.61. The van der Waals surface area contributed by atoms with E-state index in [1.54, 1.807) is 24.3 Å². The van der Waals surface area contributed by atoms with Gasteiger partial charge in [-0.15, -0.1) is 0 Å². The second-order valence-electron chi connectivity index (χ2n) is 7.06. The number of carbonyl (C=O) groups excluding carboxylic acids is 3. The normalized spacial score (nSPS) is 31.0. The Labute approximate surface area is 128 Å². The standard InChI is InChI=1S/C17H17NO4/c1-17(2)12-7-9(8-13(12)17)16(21)22-18-14(19)10-5-3-4-6-11(10)15(18)20/h3-6,9,12-13H,7-8H2,1-2H3/t9?,12-,13+. The molecular formula is C17H17NO4. The lowest BCUT2D eigenvalue weighted by Crippen LogP contribution is -2.35. The lowest BCUT2D eigenvalue weighted by Gasteiger charge is -2.18. The van der Waals surface area contributed by atoms with Gasteiger partial charge in [-0.2, -0.15) is 0 Å². The van der Waals surface area contributed by atoms with Crippen molar-refractivity contribution in [2.45, 2.75) is 26.7 Å². The highest BCUT2D eigenvalue weighted by Gasteiger charge is 2.63. The van der Waals surface area contributed by atoms with Gasteiger partial charge in [-0.3, -0.25) is 9.59 Å². The summed E-state index contributed by atoms with van der Waals surface area (Å²) in [5.41, 5.74) is 0.901. The zero-order valence-electron chi connectivity index (χ0n) is 12.5. The highest BCUT2D eigenvalue weighted by Crippen LogP contribution is 2.68. The van der Waals surface area contributed by atoms with Crippen LogP contribution in [0.15, 0.2) is 24.3 Å². The third kappa shape index (κ3) is 1.68. The molecule has 3 atom stereocenters. The van der Waals surface area contributed by atoms with Crippen LogP contribution < -0.4 is 0 Å². The molecule has 5 heteroatoms. The maximum Gasteiger partial charge on any atom is 0.336 e. The Hall–Kier alpha value is -2.17. The van der Waals surface area contributed by atoms with E-state index in [1.165, 1.54) is 0 Å². The molecular weight excluding hydrogens is 282 g/mol. The zero-order chi connectivity index (χ0) is 15.6. The molecule has 0 N–H and O–H groups in total. The second kappa shape index (κ2) is 4.18. The number of rotatable bonds is 2. The van der Waals surface area contributed by atoms with Crippen molar-refractivity contribution >= 4 is 17.8 Å². The van der Waals surface area contributed by atoms with Gasteiger partial charge in [-0.25, -0.2) is 4.79 Å². The van der Waals surface area contributed by atoms with Crippen LogP contribution in [0.2, 0.25) is 0 Å². The van der Waals surface area contributed by atoms with Gasteiger partial charge in [0.1, 0.15) is 0 Å². The van der Waals surface area contributed by atoms with Crippen molar-refractivity contribution in [2.75, 3.05) is 0 Å². The minimum Gasteiger partial charge on any atom is -0.329 e. The topological polar surface area (TPSA) is 63.7 Å². The average molecular weight is 299 g/mol. The predicted molar refractivity (Wildman–Crippen MR) is 76.5 cm³/mol. The third-order valence-corrected chi connectivity index (χ3v) is 5.64. The number of hydrogen-bond donors (Lipinski definition) is 0. The van der Waals surface area contributed by atoms with Crippen molar-refractivity contribution in [1.29, 1.82) is 0 Å². The van der Waals surface area contributed by atoms with E-state index in [2.05, 4.69) is 13.8 Å². The first-order valence-corrected chi connectivity index (χ1v) is 7.61. The van der Waals surface area contributed by atoms with Crippen LogP contribution in [0, 0.1) is 23.2 Å². The maximum absolute atomic E-state index is 12.3. The summed E-state index contributed by atoms with van der Waals surface area (Å²) in [4.78, 5) is 41.7. The molecule has 2 saturated carbocycles. The number of imide groups is 1. The molecule has 1 aromatic rings. The smallest absolute Gasteiger partial charge is 0.329 e. The highest BCUT2D eigenvalue weighted by molar-refractivity contribution is 6.20. The molecule has 1 heterocycles. The maximum atomic E-state index is 12.3. The summed E-state index contributed by atoms with van der Waals surface area (Å²) in [6, 6.07) is 6.50. The fourth-order valence-corrected chi connectivity index (χ4v) is 4.11. The number of carbonyl (C=O) groups is 3. The summed E-state index contributed by atoms with van der Waals surface area (Å²) in [5.74, 6) is -0.654. The second-order valence-corrected chi connectivity index (χ2v) is 7.06. The van der Waals surface area contributed by atoms with E-state index in [9.17, 15) is 14.4 Å². The molecule has 2 amide bonds. The molecule has 0 spiro atoms. The van der Waals surface area contributed by atoms with Crippen LogP contribution in [0.4, 0.5) is 0 Å². The number of hydroxylamine groups is 2. The lowest BCUT2D eigenvalue weighted by atomic mass is 9.93. The number of benzene rings is 1. The molecule has 3 aliphatic rings. The molecule has 0 bridgehead atoms. The summed E-state index contributed by atoms with van der Waals surface area (Å²) in [7, 11) is 0. The summed E-state index contributed by atoms with van der Waals surface area (Å²) >= 11 is 0. The first-order chi connectivity index (χ1) is 10.4. The zero-order valence-corrected chi connectivity index (χ0v) is 12.5. The Morgan fingerprint density at radius 3 is 2.09 bits per heavy atom. The SMILES string of the molecule is CC1(C)[C@@H]2CC(C(=O)ON3C(=O)c4ccccc4C3=O)C[C@@H]21. The molecule has 1 unspecified atom stereocenters.